The molecule has 5 heteroatoms. The standard InChI is InChI=1S/C24H24N2O2S/c1-16-6-8-18(9-7-16)14-23(27)25-21-5-3-4-20(17(21)2)24(28)26-12-10-22-19(15-26)11-13-29-22/h3-9,11,13H,10,12,14-15H2,1-2H3,(H,25,27). The van der Waals surface area contributed by atoms with E-state index < -0.39 is 0 Å². The van der Waals surface area contributed by atoms with Crippen molar-refractivity contribution in [1.82, 2.24) is 4.90 Å². The molecular weight excluding hydrogens is 380 g/mol. The summed E-state index contributed by atoms with van der Waals surface area (Å²) in [5.74, 6) is -0.0589. The van der Waals surface area contributed by atoms with E-state index in [9.17, 15) is 9.59 Å². The fourth-order valence-electron chi connectivity index (χ4n) is 3.68. The Morgan fingerprint density at radius 3 is 2.66 bits per heavy atom. The van der Waals surface area contributed by atoms with Crippen LogP contribution < -0.4 is 5.32 Å². The van der Waals surface area contributed by atoms with Crippen LogP contribution in [0.25, 0.3) is 0 Å². The smallest absolute Gasteiger partial charge is 0.254 e. The van der Waals surface area contributed by atoms with Crippen molar-refractivity contribution in [3.05, 3.63) is 86.6 Å². The van der Waals surface area contributed by atoms with Crippen molar-refractivity contribution in [3.8, 4) is 0 Å². The molecule has 0 radical (unpaired) electrons. The number of carbonyl (C=O) groups excluding carboxylic acids is 2. The average Bonchev–Trinajstić information content (AvgIpc) is 3.18. The van der Waals surface area contributed by atoms with E-state index >= 15 is 0 Å². The number of hydrogen-bond donors (Lipinski definition) is 1. The molecule has 148 valence electrons. The van der Waals surface area contributed by atoms with Gasteiger partial charge in [-0.3, -0.25) is 9.59 Å². The summed E-state index contributed by atoms with van der Waals surface area (Å²) >= 11 is 1.76. The number of amides is 2. The van der Waals surface area contributed by atoms with Gasteiger partial charge < -0.3 is 10.2 Å². The van der Waals surface area contributed by atoms with Gasteiger partial charge in [0.15, 0.2) is 0 Å². The van der Waals surface area contributed by atoms with Gasteiger partial charge in [0.2, 0.25) is 5.91 Å². The van der Waals surface area contributed by atoms with E-state index in [1.165, 1.54) is 16.0 Å². The van der Waals surface area contributed by atoms with Crippen molar-refractivity contribution in [2.24, 2.45) is 0 Å². The molecule has 1 aromatic heterocycles. The quantitative estimate of drug-likeness (QED) is 0.682. The molecule has 0 atom stereocenters. The van der Waals surface area contributed by atoms with Gasteiger partial charge in [0, 0.05) is 29.2 Å². The van der Waals surface area contributed by atoms with Crippen LogP contribution in [0.15, 0.2) is 53.9 Å². The van der Waals surface area contributed by atoms with Crippen LogP contribution in [0.1, 0.15) is 37.5 Å². The van der Waals surface area contributed by atoms with Gasteiger partial charge in [-0.25, -0.2) is 0 Å². The predicted molar refractivity (Wildman–Crippen MR) is 117 cm³/mol. The van der Waals surface area contributed by atoms with E-state index in [-0.39, 0.29) is 11.8 Å². The zero-order chi connectivity index (χ0) is 20.4. The highest BCUT2D eigenvalue weighted by Crippen LogP contribution is 2.27. The maximum absolute atomic E-state index is 13.1. The fraction of sp³-hybridized carbons (Fsp3) is 0.250. The summed E-state index contributed by atoms with van der Waals surface area (Å²) in [5, 5.41) is 5.07. The van der Waals surface area contributed by atoms with Crippen molar-refractivity contribution in [1.29, 1.82) is 0 Å². The van der Waals surface area contributed by atoms with Crippen molar-refractivity contribution < 1.29 is 9.59 Å². The predicted octanol–water partition coefficient (Wildman–Crippen LogP) is 4.74. The van der Waals surface area contributed by atoms with E-state index in [0.29, 0.717) is 24.2 Å². The first-order valence-corrected chi connectivity index (χ1v) is 10.7. The third-order valence-corrected chi connectivity index (χ3v) is 6.44. The monoisotopic (exact) mass is 404 g/mol. The van der Waals surface area contributed by atoms with Crippen molar-refractivity contribution in [3.63, 3.8) is 0 Å². The number of fused-ring (bicyclic) bond motifs is 1. The van der Waals surface area contributed by atoms with Crippen molar-refractivity contribution >= 4 is 28.8 Å². The Kier molecular flexibility index (Phi) is 5.49. The molecule has 0 spiro atoms. The van der Waals surface area contributed by atoms with E-state index in [0.717, 1.165) is 24.1 Å². The molecule has 4 rings (SSSR count). The fourth-order valence-corrected chi connectivity index (χ4v) is 4.57. The number of thiophene rings is 1. The van der Waals surface area contributed by atoms with Gasteiger partial charge in [0.05, 0.1) is 6.42 Å². The van der Waals surface area contributed by atoms with Crippen LogP contribution in [-0.2, 0) is 24.2 Å². The summed E-state index contributed by atoms with van der Waals surface area (Å²) in [5.41, 5.74) is 5.54. The number of nitrogens with one attached hydrogen (secondary N) is 1. The largest absolute Gasteiger partial charge is 0.334 e. The van der Waals surface area contributed by atoms with Gasteiger partial charge in [-0.15, -0.1) is 11.3 Å². The first kappa shape index (κ1) is 19.4. The highest BCUT2D eigenvalue weighted by molar-refractivity contribution is 7.10. The van der Waals surface area contributed by atoms with Gasteiger partial charge in [0.1, 0.15) is 0 Å². The Morgan fingerprint density at radius 2 is 1.86 bits per heavy atom. The molecule has 1 aliphatic heterocycles. The lowest BCUT2D eigenvalue weighted by Crippen LogP contribution is -2.35. The molecule has 0 saturated heterocycles. The highest BCUT2D eigenvalue weighted by atomic mass is 32.1. The van der Waals surface area contributed by atoms with Gasteiger partial charge in [-0.2, -0.15) is 0 Å². The molecule has 29 heavy (non-hydrogen) atoms. The Bertz CT molecular complexity index is 1050. The number of aryl methyl sites for hydroxylation is 1. The van der Waals surface area contributed by atoms with Crippen LogP contribution in [0.3, 0.4) is 0 Å². The second-order valence-electron chi connectivity index (χ2n) is 7.53. The summed E-state index contributed by atoms with van der Waals surface area (Å²) in [6.07, 6.45) is 1.22. The minimum atomic E-state index is -0.0811. The number of carbonyl (C=O) groups is 2. The van der Waals surface area contributed by atoms with Gasteiger partial charge in [-0.1, -0.05) is 35.9 Å². The van der Waals surface area contributed by atoms with Crippen molar-refractivity contribution in [2.45, 2.75) is 33.2 Å². The highest BCUT2D eigenvalue weighted by Gasteiger charge is 2.24. The lowest BCUT2D eigenvalue weighted by Gasteiger charge is -2.28. The van der Waals surface area contributed by atoms with Gasteiger partial charge in [0.25, 0.3) is 5.91 Å². The molecule has 0 fully saturated rings. The summed E-state index contributed by atoms with van der Waals surface area (Å²) in [6.45, 7) is 5.31. The number of hydrogen-bond acceptors (Lipinski definition) is 3. The number of rotatable bonds is 4. The topological polar surface area (TPSA) is 49.4 Å². The van der Waals surface area contributed by atoms with Crippen LogP contribution in [-0.4, -0.2) is 23.3 Å². The SMILES string of the molecule is Cc1ccc(CC(=O)Nc2cccc(C(=O)N3CCc4sccc4C3)c2C)cc1. The minimum absolute atomic E-state index is 0.0222. The second kappa shape index (κ2) is 8.21. The van der Waals surface area contributed by atoms with Gasteiger partial charge in [-0.05, 0) is 60.5 Å². The van der Waals surface area contributed by atoms with E-state index in [4.69, 9.17) is 0 Å². The molecule has 4 nitrogen and oxygen atoms in total. The third-order valence-electron chi connectivity index (χ3n) is 5.42. The summed E-state index contributed by atoms with van der Waals surface area (Å²) in [4.78, 5) is 28.9. The Hall–Kier alpha value is -2.92. The zero-order valence-corrected chi connectivity index (χ0v) is 17.5. The van der Waals surface area contributed by atoms with E-state index in [1.54, 1.807) is 11.3 Å². The van der Waals surface area contributed by atoms with Crippen LogP contribution in [0.2, 0.25) is 0 Å². The minimum Gasteiger partial charge on any atom is -0.334 e. The van der Waals surface area contributed by atoms with Crippen LogP contribution in [0, 0.1) is 13.8 Å². The van der Waals surface area contributed by atoms with E-state index in [1.807, 2.05) is 61.2 Å². The zero-order valence-electron chi connectivity index (χ0n) is 16.7. The normalized spacial score (nSPS) is 13.1. The molecule has 1 aliphatic rings. The van der Waals surface area contributed by atoms with Crippen LogP contribution in [0.4, 0.5) is 5.69 Å². The first-order chi connectivity index (χ1) is 14.0. The molecular formula is C24H24N2O2S. The maximum atomic E-state index is 13.1. The summed E-state index contributed by atoms with van der Waals surface area (Å²) < 4.78 is 0. The average molecular weight is 405 g/mol. The lowest BCUT2D eigenvalue weighted by molar-refractivity contribution is -0.115. The first-order valence-electron chi connectivity index (χ1n) is 9.81. The Morgan fingerprint density at radius 1 is 1.07 bits per heavy atom. The number of benzene rings is 2. The molecule has 0 aliphatic carbocycles. The molecule has 0 bridgehead atoms. The molecule has 0 unspecified atom stereocenters. The second-order valence-corrected chi connectivity index (χ2v) is 8.54. The lowest BCUT2D eigenvalue weighted by atomic mass is 10.0. The third kappa shape index (κ3) is 4.25. The molecule has 2 amide bonds. The van der Waals surface area contributed by atoms with E-state index in [2.05, 4.69) is 16.8 Å². The molecule has 1 N–H and O–H groups in total. The molecule has 0 saturated carbocycles. The number of anilines is 1. The Labute approximate surface area is 175 Å². The molecule has 2 aromatic carbocycles. The van der Waals surface area contributed by atoms with Crippen LogP contribution in [0.5, 0.6) is 0 Å². The number of nitrogens with zero attached hydrogens (tertiary/aromatic N) is 1. The molecule has 2 heterocycles. The van der Waals surface area contributed by atoms with Crippen LogP contribution >= 0.6 is 11.3 Å². The Balaban J connectivity index is 1.47. The maximum Gasteiger partial charge on any atom is 0.254 e. The van der Waals surface area contributed by atoms with Gasteiger partial charge >= 0.3 is 0 Å². The molecule has 3 aromatic rings. The summed E-state index contributed by atoms with van der Waals surface area (Å²) in [7, 11) is 0. The van der Waals surface area contributed by atoms with Crippen molar-refractivity contribution in [2.75, 3.05) is 11.9 Å². The summed E-state index contributed by atoms with van der Waals surface area (Å²) in [6, 6.07) is 15.6.